The van der Waals surface area contributed by atoms with E-state index >= 15 is 0 Å². The molecule has 0 aliphatic carbocycles. The first-order valence-electron chi connectivity index (χ1n) is 7.47. The zero-order valence-electron chi connectivity index (χ0n) is 13.3. The summed E-state index contributed by atoms with van der Waals surface area (Å²) in [5.41, 5.74) is 1.61. The lowest BCUT2D eigenvalue weighted by Gasteiger charge is -2.36. The molecule has 2 rings (SSSR count). The Morgan fingerprint density at radius 2 is 1.87 bits per heavy atom. The van der Waals surface area contributed by atoms with Crippen LogP contribution in [0.1, 0.15) is 24.0 Å². The maximum absolute atomic E-state index is 12.1. The van der Waals surface area contributed by atoms with E-state index in [4.69, 9.17) is 14.7 Å². The summed E-state index contributed by atoms with van der Waals surface area (Å²) in [5.74, 6) is -0.898. The highest BCUT2D eigenvalue weighted by Crippen LogP contribution is 2.26. The zero-order valence-corrected chi connectivity index (χ0v) is 13.3. The van der Waals surface area contributed by atoms with E-state index in [1.54, 1.807) is 12.1 Å². The molecule has 23 heavy (non-hydrogen) atoms. The minimum absolute atomic E-state index is 0.277. The lowest BCUT2D eigenvalue weighted by atomic mass is 9.90. The van der Waals surface area contributed by atoms with Gasteiger partial charge in [0.15, 0.2) is 0 Å². The van der Waals surface area contributed by atoms with Crippen molar-refractivity contribution in [2.45, 2.75) is 25.4 Å². The minimum Gasteiger partial charge on any atom is -0.469 e. The maximum Gasteiger partial charge on any atom is 0.323 e. The summed E-state index contributed by atoms with van der Waals surface area (Å²) in [6.45, 7) is 1.18. The predicted molar refractivity (Wildman–Crippen MR) is 82.1 cm³/mol. The van der Waals surface area contributed by atoms with E-state index in [1.165, 1.54) is 14.2 Å². The van der Waals surface area contributed by atoms with Crippen LogP contribution in [0.15, 0.2) is 24.3 Å². The molecule has 1 aliphatic rings. The zero-order chi connectivity index (χ0) is 16.8. The molecule has 0 aromatic heterocycles. The topological polar surface area (TPSA) is 79.6 Å². The maximum atomic E-state index is 12.1. The van der Waals surface area contributed by atoms with Gasteiger partial charge in [-0.25, -0.2) is 0 Å². The molecule has 1 aromatic rings. The van der Waals surface area contributed by atoms with Gasteiger partial charge in [-0.05, 0) is 30.5 Å². The van der Waals surface area contributed by atoms with Crippen LogP contribution in [0.25, 0.3) is 0 Å². The summed E-state index contributed by atoms with van der Waals surface area (Å²) in [6.07, 6.45) is 1.05. The van der Waals surface area contributed by atoms with Crippen LogP contribution in [-0.2, 0) is 25.6 Å². The molecular formula is C17H20N2O4. The molecule has 1 saturated heterocycles. The fraction of sp³-hybridized carbons (Fsp3) is 0.471. The Bertz CT molecular complexity index is 606. The first-order chi connectivity index (χ1) is 11.1. The molecule has 1 fully saturated rings. The SMILES string of the molecule is COC(=O)C1CCN(Cc2ccc(C#N)cc2)C(C(=O)OC)C1. The van der Waals surface area contributed by atoms with Gasteiger partial charge in [-0.2, -0.15) is 5.26 Å². The highest BCUT2D eigenvalue weighted by Gasteiger charge is 2.37. The summed E-state index contributed by atoms with van der Waals surface area (Å²) >= 11 is 0. The largest absolute Gasteiger partial charge is 0.469 e. The van der Waals surface area contributed by atoms with Gasteiger partial charge >= 0.3 is 11.9 Å². The highest BCUT2D eigenvalue weighted by molar-refractivity contribution is 5.78. The smallest absolute Gasteiger partial charge is 0.323 e. The monoisotopic (exact) mass is 316 g/mol. The van der Waals surface area contributed by atoms with Crippen molar-refractivity contribution in [3.05, 3.63) is 35.4 Å². The van der Waals surface area contributed by atoms with Crippen LogP contribution in [0.2, 0.25) is 0 Å². The molecule has 0 radical (unpaired) electrons. The number of nitrogens with zero attached hydrogens (tertiary/aromatic N) is 2. The number of hydrogen-bond donors (Lipinski definition) is 0. The Labute approximate surface area is 135 Å². The van der Waals surface area contributed by atoms with Crippen molar-refractivity contribution in [2.24, 2.45) is 5.92 Å². The summed E-state index contributed by atoms with van der Waals surface area (Å²) in [6, 6.07) is 8.87. The quantitative estimate of drug-likeness (QED) is 0.783. The second-order valence-corrected chi connectivity index (χ2v) is 5.56. The van der Waals surface area contributed by atoms with Crippen molar-refractivity contribution in [1.29, 1.82) is 5.26 Å². The van der Waals surface area contributed by atoms with Crippen molar-refractivity contribution >= 4 is 11.9 Å². The summed E-state index contributed by atoms with van der Waals surface area (Å²) in [4.78, 5) is 25.8. The molecular weight excluding hydrogens is 296 g/mol. The molecule has 1 aliphatic heterocycles. The number of carbonyl (C=O) groups is 2. The van der Waals surface area contributed by atoms with Gasteiger partial charge in [-0.3, -0.25) is 14.5 Å². The fourth-order valence-corrected chi connectivity index (χ4v) is 2.88. The van der Waals surface area contributed by atoms with Crippen LogP contribution >= 0.6 is 0 Å². The second-order valence-electron chi connectivity index (χ2n) is 5.56. The molecule has 6 heteroatoms. The number of ether oxygens (including phenoxy) is 2. The molecule has 0 bridgehead atoms. The lowest BCUT2D eigenvalue weighted by molar-refractivity contribution is -0.154. The number of hydrogen-bond acceptors (Lipinski definition) is 6. The van der Waals surface area contributed by atoms with Gasteiger partial charge in [0, 0.05) is 13.1 Å². The van der Waals surface area contributed by atoms with E-state index in [0.717, 1.165) is 5.56 Å². The van der Waals surface area contributed by atoms with E-state index in [1.807, 2.05) is 17.0 Å². The van der Waals surface area contributed by atoms with Gasteiger partial charge in [-0.15, -0.1) is 0 Å². The number of nitriles is 1. The first kappa shape index (κ1) is 17.0. The normalized spacial score (nSPS) is 21.3. The molecule has 0 amide bonds. The Morgan fingerprint density at radius 3 is 2.43 bits per heavy atom. The number of methoxy groups -OCH3 is 2. The standard InChI is InChI=1S/C17H20N2O4/c1-22-16(20)14-7-8-19(15(9-14)17(21)23-2)11-13-5-3-12(10-18)4-6-13/h3-6,14-15H,7-9,11H2,1-2H3. The Hall–Kier alpha value is -2.39. The molecule has 0 spiro atoms. The third-order valence-corrected chi connectivity index (χ3v) is 4.19. The lowest BCUT2D eigenvalue weighted by Crippen LogP contribution is -2.48. The van der Waals surface area contributed by atoms with Crippen LogP contribution in [0.4, 0.5) is 0 Å². The molecule has 2 atom stereocenters. The van der Waals surface area contributed by atoms with Crippen molar-refractivity contribution in [2.75, 3.05) is 20.8 Å². The van der Waals surface area contributed by atoms with E-state index in [-0.39, 0.29) is 17.9 Å². The molecule has 1 aromatic carbocycles. The van der Waals surface area contributed by atoms with E-state index in [2.05, 4.69) is 6.07 Å². The molecule has 0 saturated carbocycles. The Kier molecular flexibility index (Phi) is 5.72. The second kappa shape index (κ2) is 7.75. The number of carbonyl (C=O) groups excluding carboxylic acids is 2. The first-order valence-corrected chi connectivity index (χ1v) is 7.47. The number of piperidine rings is 1. The highest BCUT2D eigenvalue weighted by atomic mass is 16.5. The molecule has 0 N–H and O–H groups in total. The van der Waals surface area contributed by atoms with E-state index in [9.17, 15) is 9.59 Å². The van der Waals surface area contributed by atoms with Gasteiger partial charge in [0.25, 0.3) is 0 Å². The van der Waals surface area contributed by atoms with Gasteiger partial charge in [0.2, 0.25) is 0 Å². The average molecular weight is 316 g/mol. The van der Waals surface area contributed by atoms with Gasteiger partial charge < -0.3 is 9.47 Å². The van der Waals surface area contributed by atoms with Crippen LogP contribution < -0.4 is 0 Å². The van der Waals surface area contributed by atoms with Crippen LogP contribution in [0.3, 0.4) is 0 Å². The average Bonchev–Trinajstić information content (AvgIpc) is 2.61. The molecule has 122 valence electrons. The summed E-state index contributed by atoms with van der Waals surface area (Å²) in [7, 11) is 2.71. The van der Waals surface area contributed by atoms with Crippen LogP contribution in [0, 0.1) is 17.2 Å². The van der Waals surface area contributed by atoms with Crippen molar-refractivity contribution in [3.8, 4) is 6.07 Å². The summed E-state index contributed by atoms with van der Waals surface area (Å²) < 4.78 is 9.67. The van der Waals surface area contributed by atoms with Crippen molar-refractivity contribution in [1.82, 2.24) is 4.90 Å². The van der Waals surface area contributed by atoms with E-state index in [0.29, 0.717) is 31.5 Å². The summed E-state index contributed by atoms with van der Waals surface area (Å²) in [5, 5.41) is 8.84. The third-order valence-electron chi connectivity index (χ3n) is 4.19. The number of likely N-dealkylation sites (tertiary alicyclic amines) is 1. The van der Waals surface area contributed by atoms with Crippen molar-refractivity contribution < 1.29 is 19.1 Å². The number of rotatable bonds is 4. The van der Waals surface area contributed by atoms with Crippen LogP contribution in [0.5, 0.6) is 0 Å². The van der Waals surface area contributed by atoms with E-state index < -0.39 is 6.04 Å². The van der Waals surface area contributed by atoms with Gasteiger partial charge in [0.1, 0.15) is 6.04 Å². The Balaban J connectivity index is 2.11. The predicted octanol–water partition coefficient (Wildman–Crippen LogP) is 1.48. The van der Waals surface area contributed by atoms with Crippen LogP contribution in [-0.4, -0.2) is 43.6 Å². The molecule has 2 unspecified atom stereocenters. The number of benzene rings is 1. The van der Waals surface area contributed by atoms with Gasteiger partial charge in [0.05, 0.1) is 31.8 Å². The fourth-order valence-electron chi connectivity index (χ4n) is 2.88. The van der Waals surface area contributed by atoms with Gasteiger partial charge in [-0.1, -0.05) is 12.1 Å². The number of esters is 2. The Morgan fingerprint density at radius 1 is 1.22 bits per heavy atom. The molecule has 6 nitrogen and oxygen atoms in total. The van der Waals surface area contributed by atoms with Crippen molar-refractivity contribution in [3.63, 3.8) is 0 Å². The molecule has 1 heterocycles. The third kappa shape index (κ3) is 4.08. The minimum atomic E-state index is -0.464.